The van der Waals surface area contributed by atoms with E-state index in [-0.39, 0.29) is 13.0 Å². The van der Waals surface area contributed by atoms with Gasteiger partial charge in [-0.2, -0.15) is 0 Å². The lowest BCUT2D eigenvalue weighted by atomic mass is 10.1. The Kier molecular flexibility index (Phi) is 3.23. The maximum atomic E-state index is 12.7. The molecule has 1 rings (SSSR count). The number of carbonyl (C=O) groups excluding carboxylic acids is 1. The van der Waals surface area contributed by atoms with Crippen LogP contribution in [0.5, 0.6) is 0 Å². The maximum absolute atomic E-state index is 12.7. The minimum absolute atomic E-state index is 0.218. The highest BCUT2D eigenvalue weighted by atomic mass is 19.3. The molecule has 1 amide bonds. The fraction of sp³-hybridized carbons (Fsp3) is 0.750. The predicted molar refractivity (Wildman–Crippen MR) is 44.4 cm³/mol. The SMILES string of the molecule is O=C(O)C1CC(=O)N(CC(F)(F)CO)C1. The van der Waals surface area contributed by atoms with Gasteiger partial charge in [0.2, 0.25) is 5.91 Å². The van der Waals surface area contributed by atoms with Crippen molar-refractivity contribution in [1.82, 2.24) is 4.90 Å². The van der Waals surface area contributed by atoms with Crippen LogP contribution in [0.1, 0.15) is 6.42 Å². The monoisotopic (exact) mass is 223 g/mol. The first kappa shape index (κ1) is 11.8. The summed E-state index contributed by atoms with van der Waals surface area (Å²) in [5, 5.41) is 16.9. The number of alkyl halides is 2. The van der Waals surface area contributed by atoms with Crippen molar-refractivity contribution in [3.05, 3.63) is 0 Å². The zero-order valence-electron chi connectivity index (χ0n) is 7.82. The second-order valence-corrected chi connectivity index (χ2v) is 3.53. The molecule has 0 aromatic heterocycles. The Morgan fingerprint density at radius 3 is 2.60 bits per heavy atom. The van der Waals surface area contributed by atoms with Crippen molar-refractivity contribution >= 4 is 11.9 Å². The predicted octanol–water partition coefficient (Wildman–Crippen LogP) is -0.453. The molecule has 1 fully saturated rings. The van der Waals surface area contributed by atoms with Crippen LogP contribution in [-0.2, 0) is 9.59 Å². The van der Waals surface area contributed by atoms with E-state index >= 15 is 0 Å². The average Bonchev–Trinajstić information content (AvgIpc) is 2.47. The molecule has 0 aromatic rings. The fourth-order valence-corrected chi connectivity index (χ4v) is 1.42. The molecule has 5 nitrogen and oxygen atoms in total. The second-order valence-electron chi connectivity index (χ2n) is 3.53. The number of aliphatic hydroxyl groups excluding tert-OH is 1. The van der Waals surface area contributed by atoms with Gasteiger partial charge in [0, 0.05) is 13.0 Å². The zero-order chi connectivity index (χ0) is 11.6. The molecule has 0 spiro atoms. The highest BCUT2D eigenvalue weighted by Crippen LogP contribution is 2.22. The number of likely N-dealkylation sites (tertiary alicyclic amines) is 1. The van der Waals surface area contributed by atoms with Crippen LogP contribution >= 0.6 is 0 Å². The molecule has 1 aliphatic heterocycles. The molecule has 0 saturated carbocycles. The number of halogens is 2. The van der Waals surface area contributed by atoms with Crippen LogP contribution in [0.25, 0.3) is 0 Å². The van der Waals surface area contributed by atoms with Crippen molar-refractivity contribution < 1.29 is 28.6 Å². The van der Waals surface area contributed by atoms with E-state index in [1.807, 2.05) is 0 Å². The lowest BCUT2D eigenvalue weighted by Crippen LogP contribution is -2.40. The van der Waals surface area contributed by atoms with Gasteiger partial charge in [0.25, 0.3) is 5.92 Å². The van der Waals surface area contributed by atoms with Crippen LogP contribution in [0.4, 0.5) is 8.78 Å². The third-order valence-corrected chi connectivity index (χ3v) is 2.22. The molecule has 0 bridgehead atoms. The number of nitrogens with zero attached hydrogens (tertiary/aromatic N) is 1. The zero-order valence-corrected chi connectivity index (χ0v) is 7.82. The van der Waals surface area contributed by atoms with E-state index in [4.69, 9.17) is 10.2 Å². The second kappa shape index (κ2) is 4.09. The number of aliphatic hydroxyl groups is 1. The van der Waals surface area contributed by atoms with Crippen molar-refractivity contribution in [2.75, 3.05) is 19.7 Å². The van der Waals surface area contributed by atoms with Crippen molar-refractivity contribution in [1.29, 1.82) is 0 Å². The minimum Gasteiger partial charge on any atom is -0.481 e. The van der Waals surface area contributed by atoms with Gasteiger partial charge in [0.1, 0.15) is 6.61 Å². The molecule has 0 aromatic carbocycles. The van der Waals surface area contributed by atoms with Crippen LogP contribution in [-0.4, -0.2) is 52.6 Å². The Bertz CT molecular complexity index is 282. The van der Waals surface area contributed by atoms with E-state index in [9.17, 15) is 18.4 Å². The Morgan fingerprint density at radius 1 is 1.60 bits per heavy atom. The highest BCUT2D eigenvalue weighted by Gasteiger charge is 2.40. The number of carboxylic acids is 1. The van der Waals surface area contributed by atoms with E-state index in [1.54, 1.807) is 0 Å². The summed E-state index contributed by atoms with van der Waals surface area (Å²) in [4.78, 5) is 22.4. The van der Waals surface area contributed by atoms with Gasteiger partial charge in [-0.1, -0.05) is 0 Å². The Labute approximate surface area is 84.3 Å². The molecule has 2 N–H and O–H groups in total. The lowest BCUT2D eigenvalue weighted by molar-refractivity contribution is -0.141. The van der Waals surface area contributed by atoms with E-state index in [0.29, 0.717) is 0 Å². The molecule has 15 heavy (non-hydrogen) atoms. The van der Waals surface area contributed by atoms with Crippen LogP contribution in [0.2, 0.25) is 0 Å². The molecule has 0 radical (unpaired) electrons. The van der Waals surface area contributed by atoms with Crippen molar-refractivity contribution in [3.8, 4) is 0 Å². The average molecular weight is 223 g/mol. The molecule has 1 saturated heterocycles. The van der Waals surface area contributed by atoms with Gasteiger partial charge in [-0.05, 0) is 0 Å². The fourth-order valence-electron chi connectivity index (χ4n) is 1.42. The van der Waals surface area contributed by atoms with Gasteiger partial charge in [-0.15, -0.1) is 0 Å². The van der Waals surface area contributed by atoms with E-state index in [0.717, 1.165) is 4.90 Å². The molecule has 7 heteroatoms. The highest BCUT2D eigenvalue weighted by molar-refractivity contribution is 5.86. The summed E-state index contributed by atoms with van der Waals surface area (Å²) >= 11 is 0. The van der Waals surface area contributed by atoms with E-state index in [2.05, 4.69) is 0 Å². The van der Waals surface area contributed by atoms with Crippen molar-refractivity contribution in [3.63, 3.8) is 0 Å². The summed E-state index contributed by atoms with van der Waals surface area (Å²) in [7, 11) is 0. The first-order valence-corrected chi connectivity index (χ1v) is 4.35. The Hall–Kier alpha value is -1.24. The Balaban J connectivity index is 2.58. The number of carboxylic acid groups (broad SMARTS) is 1. The van der Waals surface area contributed by atoms with Crippen LogP contribution < -0.4 is 0 Å². The van der Waals surface area contributed by atoms with E-state index < -0.39 is 36.9 Å². The minimum atomic E-state index is -3.37. The summed E-state index contributed by atoms with van der Waals surface area (Å²) in [6.45, 7) is -2.50. The summed E-state index contributed by atoms with van der Waals surface area (Å²) in [5.74, 6) is -6.08. The van der Waals surface area contributed by atoms with Gasteiger partial charge in [-0.25, -0.2) is 8.78 Å². The van der Waals surface area contributed by atoms with Gasteiger partial charge >= 0.3 is 5.97 Å². The quantitative estimate of drug-likeness (QED) is 0.676. The number of hydrogen-bond donors (Lipinski definition) is 2. The normalized spacial score (nSPS) is 22.2. The summed E-state index contributed by atoms with van der Waals surface area (Å²) < 4.78 is 25.4. The third kappa shape index (κ3) is 2.85. The largest absolute Gasteiger partial charge is 0.481 e. The maximum Gasteiger partial charge on any atom is 0.308 e. The summed E-state index contributed by atoms with van der Waals surface area (Å²) in [6.07, 6.45) is -0.253. The number of hydrogen-bond acceptors (Lipinski definition) is 3. The lowest BCUT2D eigenvalue weighted by Gasteiger charge is -2.21. The van der Waals surface area contributed by atoms with Gasteiger partial charge < -0.3 is 15.1 Å². The van der Waals surface area contributed by atoms with Crippen LogP contribution in [0.3, 0.4) is 0 Å². The number of carbonyl (C=O) groups is 2. The molecule has 86 valence electrons. The van der Waals surface area contributed by atoms with Crippen molar-refractivity contribution in [2.24, 2.45) is 5.92 Å². The summed E-state index contributed by atoms with van der Waals surface area (Å²) in [6, 6.07) is 0. The number of amides is 1. The molecule has 1 unspecified atom stereocenters. The van der Waals surface area contributed by atoms with Gasteiger partial charge in [-0.3, -0.25) is 9.59 Å². The molecule has 1 heterocycles. The molecular formula is C8H11F2NO4. The van der Waals surface area contributed by atoms with Crippen LogP contribution in [0.15, 0.2) is 0 Å². The van der Waals surface area contributed by atoms with E-state index in [1.165, 1.54) is 0 Å². The number of rotatable bonds is 4. The first-order valence-electron chi connectivity index (χ1n) is 4.35. The Morgan fingerprint density at radius 2 is 2.20 bits per heavy atom. The third-order valence-electron chi connectivity index (χ3n) is 2.22. The molecule has 0 aliphatic carbocycles. The summed E-state index contributed by atoms with van der Waals surface area (Å²) in [5.41, 5.74) is 0. The standard InChI is InChI=1S/C8H11F2NO4/c9-8(10,4-12)3-11-2-5(7(14)15)1-6(11)13/h5,12H,1-4H2,(H,14,15). The van der Waals surface area contributed by atoms with Gasteiger partial charge in [0.15, 0.2) is 0 Å². The molecule has 1 aliphatic rings. The van der Waals surface area contributed by atoms with Gasteiger partial charge in [0.05, 0.1) is 12.5 Å². The topological polar surface area (TPSA) is 77.8 Å². The smallest absolute Gasteiger partial charge is 0.308 e. The van der Waals surface area contributed by atoms with Crippen LogP contribution in [0, 0.1) is 5.92 Å². The molecule has 1 atom stereocenters. The van der Waals surface area contributed by atoms with Crippen molar-refractivity contribution in [2.45, 2.75) is 12.3 Å². The molecular weight excluding hydrogens is 212 g/mol. The first-order chi connectivity index (χ1) is 6.85. The number of aliphatic carboxylic acids is 1.